The normalized spacial score (nSPS) is 26.3. The fourth-order valence-electron chi connectivity index (χ4n) is 2.43. The number of aliphatic imine (C=N–C) groups is 1. The molecule has 1 amide bonds. The molecule has 1 saturated heterocycles. The molecule has 0 aromatic rings. The third-order valence-corrected chi connectivity index (χ3v) is 3.38. The zero-order valence-electron chi connectivity index (χ0n) is 10.9. The van der Waals surface area contributed by atoms with E-state index in [0.717, 1.165) is 0 Å². The second kappa shape index (κ2) is 5.38. The van der Waals surface area contributed by atoms with Crippen molar-refractivity contribution in [1.82, 2.24) is 4.90 Å². The summed E-state index contributed by atoms with van der Waals surface area (Å²) in [7, 11) is 2.59. The van der Waals surface area contributed by atoms with E-state index in [1.807, 2.05) is 0 Å². The van der Waals surface area contributed by atoms with Crippen molar-refractivity contribution in [1.29, 1.82) is 0 Å². The topological polar surface area (TPSA) is 85.3 Å². The summed E-state index contributed by atoms with van der Waals surface area (Å²) in [6.45, 7) is 0. The lowest BCUT2D eigenvalue weighted by Crippen LogP contribution is -2.42. The molecule has 0 spiro atoms. The second-order valence-electron chi connectivity index (χ2n) is 4.46. The first-order valence-electron chi connectivity index (χ1n) is 6.13. The number of nitrogens with zero attached hydrogens (tertiary/aromatic N) is 2. The van der Waals surface area contributed by atoms with Crippen molar-refractivity contribution in [3.63, 3.8) is 0 Å². The Morgan fingerprint density at radius 2 is 1.84 bits per heavy atom. The predicted octanol–water partition coefficient (Wildman–Crippen LogP) is -0.116. The van der Waals surface area contributed by atoms with Crippen LogP contribution in [0.3, 0.4) is 0 Å². The van der Waals surface area contributed by atoms with Crippen LogP contribution in [0.2, 0.25) is 0 Å². The highest BCUT2D eigenvalue weighted by Gasteiger charge is 2.41. The molecular weight excluding hydrogens is 252 g/mol. The van der Waals surface area contributed by atoms with Crippen LogP contribution in [0.25, 0.3) is 0 Å². The Morgan fingerprint density at radius 3 is 2.47 bits per heavy atom. The van der Waals surface area contributed by atoms with Crippen molar-refractivity contribution in [3.05, 3.63) is 0 Å². The minimum atomic E-state index is -0.618. The molecule has 2 aliphatic heterocycles. The lowest BCUT2D eigenvalue weighted by molar-refractivity contribution is -0.146. The maximum absolute atomic E-state index is 11.9. The number of esters is 2. The molecule has 0 saturated carbocycles. The highest BCUT2D eigenvalue weighted by Crippen LogP contribution is 2.26. The summed E-state index contributed by atoms with van der Waals surface area (Å²) < 4.78 is 9.31. The quantitative estimate of drug-likeness (QED) is 0.652. The maximum Gasteiger partial charge on any atom is 0.330 e. The lowest BCUT2D eigenvalue weighted by atomic mass is 10.2. The number of amides is 1. The molecule has 2 heterocycles. The van der Waals surface area contributed by atoms with E-state index in [1.165, 1.54) is 19.1 Å². The van der Waals surface area contributed by atoms with Crippen LogP contribution in [0.15, 0.2) is 4.99 Å². The fourth-order valence-corrected chi connectivity index (χ4v) is 2.43. The Morgan fingerprint density at radius 1 is 1.16 bits per heavy atom. The number of rotatable bonds is 2. The monoisotopic (exact) mass is 268 g/mol. The van der Waals surface area contributed by atoms with Crippen molar-refractivity contribution in [2.75, 3.05) is 14.2 Å². The Hall–Kier alpha value is -1.92. The van der Waals surface area contributed by atoms with Crippen molar-refractivity contribution in [2.24, 2.45) is 4.99 Å². The molecule has 0 aromatic heterocycles. The number of amidine groups is 1. The molecule has 19 heavy (non-hydrogen) atoms. The molecule has 2 rings (SSSR count). The van der Waals surface area contributed by atoms with Crippen molar-refractivity contribution in [2.45, 2.75) is 37.8 Å². The Labute approximate surface area is 110 Å². The largest absolute Gasteiger partial charge is 0.467 e. The summed E-state index contributed by atoms with van der Waals surface area (Å²) in [4.78, 5) is 40.5. The maximum atomic E-state index is 11.9. The molecule has 2 unspecified atom stereocenters. The summed E-state index contributed by atoms with van der Waals surface area (Å²) in [5.41, 5.74) is 0. The van der Waals surface area contributed by atoms with Crippen molar-refractivity contribution >= 4 is 23.7 Å². The van der Waals surface area contributed by atoms with Crippen molar-refractivity contribution < 1.29 is 23.9 Å². The number of carbonyl (C=O) groups is 3. The van der Waals surface area contributed by atoms with Gasteiger partial charge in [-0.05, 0) is 12.8 Å². The van der Waals surface area contributed by atoms with Gasteiger partial charge in [-0.25, -0.2) is 9.59 Å². The van der Waals surface area contributed by atoms with Gasteiger partial charge in [-0.2, -0.15) is 0 Å². The zero-order chi connectivity index (χ0) is 14.0. The van der Waals surface area contributed by atoms with Crippen molar-refractivity contribution in [3.8, 4) is 0 Å². The zero-order valence-corrected chi connectivity index (χ0v) is 10.9. The molecule has 7 nitrogen and oxygen atoms in total. The average molecular weight is 268 g/mol. The van der Waals surface area contributed by atoms with E-state index in [9.17, 15) is 14.4 Å². The van der Waals surface area contributed by atoms with Gasteiger partial charge in [0.1, 0.15) is 17.9 Å². The molecular formula is C12H16N2O5. The summed E-state index contributed by atoms with van der Waals surface area (Å²) in [5.74, 6) is -0.542. The second-order valence-corrected chi connectivity index (χ2v) is 4.46. The third kappa shape index (κ3) is 2.45. The van der Waals surface area contributed by atoms with Crippen LogP contribution in [-0.4, -0.2) is 54.9 Å². The number of hydrogen-bond donors (Lipinski definition) is 0. The third-order valence-electron chi connectivity index (χ3n) is 3.38. The number of hydrogen-bond acceptors (Lipinski definition) is 6. The number of ether oxygens (including phenoxy) is 2. The number of likely N-dealkylation sites (tertiary alicyclic amines) is 1. The molecule has 104 valence electrons. The lowest BCUT2D eigenvalue weighted by Gasteiger charge is -2.22. The number of methoxy groups -OCH3 is 2. The SMILES string of the molecule is COC(=O)C1CCC(N2C(=O)CCC2C(=O)OC)=N1. The van der Waals surface area contributed by atoms with Gasteiger partial charge in [-0.1, -0.05) is 0 Å². The van der Waals surface area contributed by atoms with Gasteiger partial charge in [0, 0.05) is 12.8 Å². The van der Waals surface area contributed by atoms with Gasteiger partial charge in [0.25, 0.3) is 0 Å². The van der Waals surface area contributed by atoms with E-state index in [1.54, 1.807) is 0 Å². The van der Waals surface area contributed by atoms with E-state index < -0.39 is 24.0 Å². The van der Waals surface area contributed by atoms with Gasteiger partial charge in [0.05, 0.1) is 14.2 Å². The van der Waals surface area contributed by atoms with Crippen LogP contribution in [0, 0.1) is 0 Å². The highest BCUT2D eigenvalue weighted by molar-refractivity contribution is 6.05. The van der Waals surface area contributed by atoms with E-state index in [2.05, 4.69) is 14.5 Å². The van der Waals surface area contributed by atoms with Gasteiger partial charge in [-0.3, -0.25) is 14.7 Å². The summed E-state index contributed by atoms with van der Waals surface area (Å²) in [6.07, 6.45) is 1.70. The van der Waals surface area contributed by atoms with Crippen LogP contribution < -0.4 is 0 Å². The highest BCUT2D eigenvalue weighted by atomic mass is 16.5. The van der Waals surface area contributed by atoms with Crippen LogP contribution >= 0.6 is 0 Å². The fraction of sp³-hybridized carbons (Fsp3) is 0.667. The first-order valence-corrected chi connectivity index (χ1v) is 6.13. The van der Waals surface area contributed by atoms with Gasteiger partial charge in [0.2, 0.25) is 5.91 Å². The summed E-state index contributed by atoms with van der Waals surface area (Å²) in [5, 5.41) is 0. The van der Waals surface area contributed by atoms with Gasteiger partial charge >= 0.3 is 11.9 Å². The molecule has 0 radical (unpaired) electrons. The molecule has 0 aromatic carbocycles. The van der Waals surface area contributed by atoms with Gasteiger partial charge < -0.3 is 9.47 Å². The van der Waals surface area contributed by atoms with Gasteiger partial charge in [-0.15, -0.1) is 0 Å². The first kappa shape index (κ1) is 13.5. The van der Waals surface area contributed by atoms with Crippen LogP contribution in [0.5, 0.6) is 0 Å². The van der Waals surface area contributed by atoms with E-state index >= 15 is 0 Å². The van der Waals surface area contributed by atoms with Crippen LogP contribution in [0.1, 0.15) is 25.7 Å². The molecule has 2 aliphatic rings. The molecule has 0 N–H and O–H groups in total. The Kier molecular flexibility index (Phi) is 3.82. The Balaban J connectivity index is 2.18. The predicted molar refractivity (Wildman–Crippen MR) is 64.4 cm³/mol. The average Bonchev–Trinajstić information content (AvgIpc) is 3.03. The van der Waals surface area contributed by atoms with E-state index in [4.69, 9.17) is 0 Å². The minimum Gasteiger partial charge on any atom is -0.467 e. The summed E-state index contributed by atoms with van der Waals surface area (Å²) >= 11 is 0. The molecule has 1 fully saturated rings. The van der Waals surface area contributed by atoms with E-state index in [0.29, 0.717) is 31.5 Å². The smallest absolute Gasteiger partial charge is 0.330 e. The van der Waals surface area contributed by atoms with Gasteiger partial charge in [0.15, 0.2) is 0 Å². The minimum absolute atomic E-state index is 0.153. The first-order chi connectivity index (χ1) is 9.08. The van der Waals surface area contributed by atoms with Crippen LogP contribution in [-0.2, 0) is 23.9 Å². The van der Waals surface area contributed by atoms with Crippen LogP contribution in [0.4, 0.5) is 0 Å². The Bertz CT molecular complexity index is 445. The molecule has 2 atom stereocenters. The standard InChI is InChI=1S/C12H16N2O5/c1-18-11(16)7-3-5-9(13-7)14-8(12(17)19-2)4-6-10(14)15/h7-8H,3-6H2,1-2H3. The molecule has 0 aliphatic carbocycles. The summed E-state index contributed by atoms with van der Waals surface area (Å²) in [6, 6.07) is -1.20. The molecule has 7 heteroatoms. The molecule has 0 bridgehead atoms. The number of carbonyl (C=O) groups excluding carboxylic acids is 3. The van der Waals surface area contributed by atoms with E-state index in [-0.39, 0.29) is 5.91 Å².